The maximum atomic E-state index is 11.7. The molecule has 0 aromatic carbocycles. The topological polar surface area (TPSA) is 120 Å². The Balaban J connectivity index is 2.05. The number of aliphatic hydroxyl groups is 1. The van der Waals surface area contributed by atoms with Gasteiger partial charge in [-0.05, 0) is 0 Å². The third-order valence-electron chi connectivity index (χ3n) is 4.33. The van der Waals surface area contributed by atoms with E-state index in [1.54, 1.807) is 0 Å². The first kappa shape index (κ1) is 16.2. The van der Waals surface area contributed by atoms with E-state index in [-0.39, 0.29) is 12.8 Å². The molecule has 6 atom stereocenters. The molecule has 0 radical (unpaired) electrons. The lowest BCUT2D eigenvalue weighted by Crippen LogP contribution is -2.83. The first-order valence-corrected chi connectivity index (χ1v) is 7.34. The van der Waals surface area contributed by atoms with Gasteiger partial charge in [-0.3, -0.25) is 14.4 Å². The van der Waals surface area contributed by atoms with Crippen molar-refractivity contribution in [2.45, 2.75) is 69.5 Å². The van der Waals surface area contributed by atoms with Gasteiger partial charge in [0.2, 0.25) is 12.2 Å². The second-order valence-corrected chi connectivity index (χ2v) is 6.27. The molecular weight excluding hydrogens is 310 g/mol. The quantitative estimate of drug-likeness (QED) is 0.630. The van der Waals surface area contributed by atoms with Crippen molar-refractivity contribution < 1.29 is 38.4 Å². The van der Waals surface area contributed by atoms with Crippen LogP contribution in [-0.2, 0) is 33.3 Å². The molecule has 4 fully saturated rings. The molecule has 1 saturated carbocycles. The van der Waals surface area contributed by atoms with Crippen LogP contribution in [0, 0.1) is 0 Å². The lowest BCUT2D eigenvalue weighted by atomic mass is 9.66. The summed E-state index contributed by atoms with van der Waals surface area (Å²) in [5.74, 6) is -3.12. The van der Waals surface area contributed by atoms with Gasteiger partial charge in [-0.25, -0.2) is 0 Å². The van der Waals surface area contributed by atoms with E-state index in [2.05, 4.69) is 5.32 Å². The third-order valence-corrected chi connectivity index (χ3v) is 4.33. The summed E-state index contributed by atoms with van der Waals surface area (Å²) in [5, 5.41) is 13.3. The van der Waals surface area contributed by atoms with E-state index in [1.165, 1.54) is 20.8 Å². The predicted molar refractivity (Wildman–Crippen MR) is 71.6 cm³/mol. The van der Waals surface area contributed by atoms with Crippen LogP contribution in [0.2, 0.25) is 0 Å². The lowest BCUT2D eigenvalue weighted by Gasteiger charge is -2.63. The first-order chi connectivity index (χ1) is 10.7. The van der Waals surface area contributed by atoms with Gasteiger partial charge in [0.15, 0.2) is 18.0 Å². The molecule has 3 heterocycles. The van der Waals surface area contributed by atoms with Crippen LogP contribution >= 0.6 is 0 Å². The van der Waals surface area contributed by atoms with Crippen LogP contribution in [0.3, 0.4) is 0 Å². The van der Waals surface area contributed by atoms with Crippen molar-refractivity contribution in [3.63, 3.8) is 0 Å². The summed E-state index contributed by atoms with van der Waals surface area (Å²) in [6, 6.07) is 0. The molecule has 23 heavy (non-hydrogen) atoms. The van der Waals surface area contributed by atoms with Gasteiger partial charge in [0.1, 0.15) is 11.6 Å². The zero-order chi connectivity index (χ0) is 17.0. The number of esters is 2. The number of carbonyl (C=O) groups excluding carboxylic acids is 3. The van der Waals surface area contributed by atoms with Crippen LogP contribution in [0.5, 0.6) is 0 Å². The average molecular weight is 329 g/mol. The van der Waals surface area contributed by atoms with Gasteiger partial charge in [-0.1, -0.05) is 0 Å². The van der Waals surface area contributed by atoms with E-state index >= 15 is 0 Å². The molecule has 0 aromatic heterocycles. The van der Waals surface area contributed by atoms with Gasteiger partial charge >= 0.3 is 11.9 Å². The Bertz CT molecular complexity index is 529. The molecule has 4 aliphatic rings. The van der Waals surface area contributed by atoms with Crippen LogP contribution in [0.4, 0.5) is 0 Å². The molecular formula is C14H19NO8. The van der Waals surface area contributed by atoms with Crippen molar-refractivity contribution >= 4 is 17.8 Å². The van der Waals surface area contributed by atoms with Crippen LogP contribution in [-0.4, -0.2) is 58.9 Å². The minimum atomic E-state index is -1.54. The van der Waals surface area contributed by atoms with E-state index in [1.807, 2.05) is 0 Å². The number of amides is 1. The fourth-order valence-corrected chi connectivity index (χ4v) is 3.86. The molecule has 9 heteroatoms. The van der Waals surface area contributed by atoms with Crippen molar-refractivity contribution in [3.05, 3.63) is 0 Å². The van der Waals surface area contributed by atoms with E-state index in [0.717, 1.165) is 0 Å². The second kappa shape index (κ2) is 5.15. The zero-order valence-corrected chi connectivity index (χ0v) is 13.0. The summed E-state index contributed by atoms with van der Waals surface area (Å²) >= 11 is 0. The van der Waals surface area contributed by atoms with Gasteiger partial charge in [-0.15, -0.1) is 0 Å². The van der Waals surface area contributed by atoms with Crippen molar-refractivity contribution in [1.82, 2.24) is 5.32 Å². The van der Waals surface area contributed by atoms with E-state index in [9.17, 15) is 19.5 Å². The minimum Gasteiger partial charge on any atom is -0.457 e. The number of hydrogen-bond acceptors (Lipinski definition) is 8. The molecule has 3 aliphatic heterocycles. The summed E-state index contributed by atoms with van der Waals surface area (Å²) < 4.78 is 21.7. The molecule has 0 unspecified atom stereocenters. The lowest BCUT2D eigenvalue weighted by molar-refractivity contribution is -0.446. The van der Waals surface area contributed by atoms with Gasteiger partial charge in [-0.2, -0.15) is 0 Å². The molecule has 4 rings (SSSR count). The Kier molecular flexibility index (Phi) is 3.62. The van der Waals surface area contributed by atoms with Crippen molar-refractivity contribution in [3.8, 4) is 0 Å². The molecule has 0 spiro atoms. The average Bonchev–Trinajstić information content (AvgIpc) is 2.36. The molecule has 1 amide bonds. The Hall–Kier alpha value is -1.71. The van der Waals surface area contributed by atoms with E-state index in [4.69, 9.17) is 18.9 Å². The van der Waals surface area contributed by atoms with E-state index in [0.29, 0.717) is 0 Å². The largest absolute Gasteiger partial charge is 0.457 e. The fraction of sp³-hybridized carbons (Fsp3) is 0.786. The van der Waals surface area contributed by atoms with E-state index < -0.39 is 53.8 Å². The zero-order valence-electron chi connectivity index (χ0n) is 13.0. The van der Waals surface area contributed by atoms with Crippen LogP contribution in [0.1, 0.15) is 33.6 Å². The van der Waals surface area contributed by atoms with Crippen LogP contribution in [0.15, 0.2) is 0 Å². The Morgan fingerprint density at radius 2 is 1.74 bits per heavy atom. The SMILES string of the molecule is CC(=O)N[C@@]12C[C@]3(O)C[C@@H](O[C@@H](O3)[C@H]1OC(C)=O)[C@H]2OC(C)=O. The summed E-state index contributed by atoms with van der Waals surface area (Å²) in [5.41, 5.74) is -1.30. The molecule has 9 nitrogen and oxygen atoms in total. The van der Waals surface area contributed by atoms with Crippen LogP contribution < -0.4 is 5.32 Å². The highest BCUT2D eigenvalue weighted by Crippen LogP contribution is 2.52. The van der Waals surface area contributed by atoms with Crippen LogP contribution in [0.25, 0.3) is 0 Å². The number of hydrogen-bond donors (Lipinski definition) is 2. The highest BCUT2D eigenvalue weighted by Gasteiger charge is 2.72. The summed E-state index contributed by atoms with van der Waals surface area (Å²) in [6.45, 7) is 3.74. The molecule has 0 aromatic rings. The Morgan fingerprint density at radius 3 is 2.30 bits per heavy atom. The number of nitrogens with one attached hydrogen (secondary N) is 1. The maximum Gasteiger partial charge on any atom is 0.303 e. The summed E-state index contributed by atoms with van der Waals surface area (Å²) in [4.78, 5) is 34.7. The third kappa shape index (κ3) is 2.58. The molecule has 128 valence electrons. The Labute approximate surface area is 132 Å². The first-order valence-electron chi connectivity index (χ1n) is 7.34. The maximum absolute atomic E-state index is 11.7. The highest BCUT2D eigenvalue weighted by atomic mass is 16.8. The minimum absolute atomic E-state index is 0.0775. The summed E-state index contributed by atoms with van der Waals surface area (Å²) in [6.07, 6.45) is -3.63. The number of ether oxygens (including phenoxy) is 4. The normalized spacial score (nSPS) is 43.8. The molecule has 2 N–H and O–H groups in total. The van der Waals surface area contributed by atoms with Crippen molar-refractivity contribution in [1.29, 1.82) is 0 Å². The Morgan fingerprint density at radius 1 is 1.13 bits per heavy atom. The van der Waals surface area contributed by atoms with Crippen molar-refractivity contribution in [2.24, 2.45) is 0 Å². The van der Waals surface area contributed by atoms with Gasteiger partial charge < -0.3 is 29.4 Å². The molecule has 1 aliphatic carbocycles. The number of carbonyl (C=O) groups is 3. The summed E-state index contributed by atoms with van der Waals surface area (Å²) in [7, 11) is 0. The van der Waals surface area contributed by atoms with Gasteiger partial charge in [0.05, 0.1) is 0 Å². The van der Waals surface area contributed by atoms with Crippen molar-refractivity contribution in [2.75, 3.05) is 0 Å². The predicted octanol–water partition coefficient (Wildman–Crippen LogP) is -1.04. The monoisotopic (exact) mass is 329 g/mol. The molecule has 4 bridgehead atoms. The smallest absolute Gasteiger partial charge is 0.303 e. The molecule has 3 saturated heterocycles. The standard InChI is InChI=1S/C14H19NO8/c1-6(16)15-14-5-13(19)4-9(10(14)20-7(2)17)22-12(23-13)11(14)21-8(3)18/h9-12,19H,4-5H2,1-3H3,(H,15,16)/t9-,10-,11-,12+,13+,14-/m1/s1. The van der Waals surface area contributed by atoms with Gasteiger partial charge in [0, 0.05) is 33.6 Å². The fourth-order valence-electron chi connectivity index (χ4n) is 3.86. The van der Waals surface area contributed by atoms with Gasteiger partial charge in [0.25, 0.3) is 0 Å². The highest BCUT2D eigenvalue weighted by molar-refractivity contribution is 5.75. The second-order valence-electron chi connectivity index (χ2n) is 6.27. The number of rotatable bonds is 3.